The van der Waals surface area contributed by atoms with E-state index in [0.717, 1.165) is 17.0 Å². The molecule has 3 heteroatoms. The Morgan fingerprint density at radius 3 is 2.71 bits per heavy atom. The van der Waals surface area contributed by atoms with E-state index in [9.17, 15) is 0 Å². The van der Waals surface area contributed by atoms with Gasteiger partial charge in [-0.1, -0.05) is 24.3 Å². The highest BCUT2D eigenvalue weighted by atomic mass is 127. The van der Waals surface area contributed by atoms with Gasteiger partial charge in [-0.25, -0.2) is 0 Å². The van der Waals surface area contributed by atoms with Crippen molar-refractivity contribution in [1.29, 1.82) is 0 Å². The van der Waals surface area contributed by atoms with Crippen LogP contribution >= 0.6 is 22.6 Å². The highest BCUT2D eigenvalue weighted by molar-refractivity contribution is 14.1. The zero-order valence-electron chi connectivity index (χ0n) is 9.43. The van der Waals surface area contributed by atoms with Gasteiger partial charge in [-0.2, -0.15) is 0 Å². The maximum Gasteiger partial charge on any atom is 0.121 e. The molecule has 0 amide bonds. The van der Waals surface area contributed by atoms with Crippen LogP contribution in [-0.2, 0) is 0 Å². The minimum atomic E-state index is 0.822. The molecule has 0 atom stereocenters. The topological polar surface area (TPSA) is 21.6 Å². The van der Waals surface area contributed by atoms with E-state index in [1.54, 1.807) is 7.11 Å². The number of hydrogen-bond donors (Lipinski definition) is 0. The van der Waals surface area contributed by atoms with Gasteiger partial charge in [-0.3, -0.25) is 4.99 Å². The van der Waals surface area contributed by atoms with Crippen LogP contribution in [0.3, 0.4) is 0 Å². The Kier molecular flexibility index (Phi) is 4.14. The van der Waals surface area contributed by atoms with E-state index in [4.69, 9.17) is 4.74 Å². The number of ether oxygens (including phenoxy) is 1. The van der Waals surface area contributed by atoms with Crippen molar-refractivity contribution < 1.29 is 4.74 Å². The molecule has 0 aromatic heterocycles. The van der Waals surface area contributed by atoms with Gasteiger partial charge in [0.15, 0.2) is 0 Å². The monoisotopic (exact) mass is 337 g/mol. The second-order valence-corrected chi connectivity index (χ2v) is 4.64. The largest absolute Gasteiger partial charge is 0.497 e. The van der Waals surface area contributed by atoms with E-state index in [1.807, 2.05) is 48.7 Å². The van der Waals surface area contributed by atoms with Gasteiger partial charge in [0.1, 0.15) is 5.75 Å². The lowest BCUT2D eigenvalue weighted by Gasteiger charge is -2.00. The summed E-state index contributed by atoms with van der Waals surface area (Å²) in [6.07, 6.45) is 1.87. The summed E-state index contributed by atoms with van der Waals surface area (Å²) in [5, 5.41) is 0. The fraction of sp³-hybridized carbons (Fsp3) is 0.0714. The molecule has 2 nitrogen and oxygen atoms in total. The molecule has 17 heavy (non-hydrogen) atoms. The van der Waals surface area contributed by atoms with E-state index in [-0.39, 0.29) is 0 Å². The third-order valence-electron chi connectivity index (χ3n) is 2.31. The standard InChI is InChI=1S/C14H12INO/c1-17-13-7-4-6-12(9-13)16-10-11-5-2-3-8-14(11)15/h2-10H,1H3. The molecule has 0 aliphatic heterocycles. The molecule has 0 fully saturated rings. The SMILES string of the molecule is COc1cccc(N=Cc2ccccc2I)c1. The minimum Gasteiger partial charge on any atom is -0.497 e. The maximum atomic E-state index is 5.16. The van der Waals surface area contributed by atoms with E-state index in [1.165, 1.54) is 3.57 Å². The average Bonchev–Trinajstić information content (AvgIpc) is 2.38. The van der Waals surface area contributed by atoms with E-state index < -0.39 is 0 Å². The van der Waals surface area contributed by atoms with Crippen LogP contribution in [-0.4, -0.2) is 13.3 Å². The van der Waals surface area contributed by atoms with Crippen LogP contribution < -0.4 is 4.74 Å². The molecule has 2 aromatic rings. The van der Waals surface area contributed by atoms with Crippen molar-refractivity contribution in [2.24, 2.45) is 4.99 Å². The van der Waals surface area contributed by atoms with Gasteiger partial charge in [0.2, 0.25) is 0 Å². The molecule has 0 N–H and O–H groups in total. The predicted octanol–water partition coefficient (Wildman–Crippen LogP) is 4.05. The van der Waals surface area contributed by atoms with Crippen LogP contribution in [0.5, 0.6) is 5.75 Å². The molecule has 0 radical (unpaired) electrons. The molecule has 86 valence electrons. The van der Waals surface area contributed by atoms with Crippen LogP contribution in [0, 0.1) is 3.57 Å². The zero-order chi connectivity index (χ0) is 12.1. The third-order valence-corrected chi connectivity index (χ3v) is 3.29. The van der Waals surface area contributed by atoms with Crippen LogP contribution in [0.4, 0.5) is 5.69 Å². The van der Waals surface area contributed by atoms with Gasteiger partial charge < -0.3 is 4.74 Å². The van der Waals surface area contributed by atoms with Gasteiger partial charge >= 0.3 is 0 Å². The summed E-state index contributed by atoms with van der Waals surface area (Å²) in [6.45, 7) is 0. The Morgan fingerprint density at radius 2 is 1.94 bits per heavy atom. The van der Waals surface area contributed by atoms with E-state index >= 15 is 0 Å². The highest BCUT2D eigenvalue weighted by Crippen LogP contribution is 2.19. The van der Waals surface area contributed by atoms with Crippen LogP contribution in [0.1, 0.15) is 5.56 Å². The minimum absolute atomic E-state index is 0.822. The molecule has 0 aliphatic carbocycles. The molecule has 0 spiro atoms. The Hall–Kier alpha value is -1.36. The second-order valence-electron chi connectivity index (χ2n) is 3.48. The third kappa shape index (κ3) is 3.30. The Morgan fingerprint density at radius 1 is 1.12 bits per heavy atom. The predicted molar refractivity (Wildman–Crippen MR) is 79.4 cm³/mol. The first kappa shape index (κ1) is 12.1. The molecule has 0 saturated carbocycles. The van der Waals surface area contributed by atoms with Gasteiger partial charge in [0, 0.05) is 21.4 Å². The highest BCUT2D eigenvalue weighted by Gasteiger charge is 1.95. The summed E-state index contributed by atoms with van der Waals surface area (Å²) in [5.41, 5.74) is 2.01. The fourth-order valence-corrected chi connectivity index (χ4v) is 1.94. The quantitative estimate of drug-likeness (QED) is 0.612. The van der Waals surface area contributed by atoms with Gasteiger partial charge in [-0.05, 0) is 40.8 Å². The lowest BCUT2D eigenvalue weighted by molar-refractivity contribution is 0.415. The van der Waals surface area contributed by atoms with Gasteiger partial charge in [0.05, 0.1) is 12.8 Å². The van der Waals surface area contributed by atoms with Crippen molar-refractivity contribution in [3.8, 4) is 5.75 Å². The molecular formula is C14H12INO. The number of hydrogen-bond acceptors (Lipinski definition) is 2. The summed E-state index contributed by atoms with van der Waals surface area (Å²) >= 11 is 2.30. The molecule has 0 bridgehead atoms. The first-order valence-electron chi connectivity index (χ1n) is 5.22. The number of benzene rings is 2. The maximum absolute atomic E-state index is 5.16. The van der Waals surface area contributed by atoms with Crippen molar-refractivity contribution in [2.75, 3.05) is 7.11 Å². The molecular weight excluding hydrogens is 325 g/mol. The summed E-state index contributed by atoms with van der Waals surface area (Å²) in [6, 6.07) is 15.8. The van der Waals surface area contributed by atoms with Crippen LogP contribution in [0.15, 0.2) is 53.5 Å². The number of rotatable bonds is 3. The lowest BCUT2D eigenvalue weighted by Crippen LogP contribution is -1.85. The first-order valence-corrected chi connectivity index (χ1v) is 6.30. The lowest BCUT2D eigenvalue weighted by atomic mass is 10.2. The summed E-state index contributed by atoms with van der Waals surface area (Å²) in [5.74, 6) is 0.822. The number of aliphatic imine (C=N–C) groups is 1. The van der Waals surface area contributed by atoms with E-state index in [2.05, 4.69) is 33.6 Å². The first-order chi connectivity index (χ1) is 8.29. The molecule has 0 saturated heterocycles. The number of halogens is 1. The Labute approximate surface area is 114 Å². The van der Waals surface area contributed by atoms with Crippen molar-refractivity contribution in [2.45, 2.75) is 0 Å². The second kappa shape index (κ2) is 5.82. The normalized spacial score (nSPS) is 10.7. The smallest absolute Gasteiger partial charge is 0.121 e. The zero-order valence-corrected chi connectivity index (χ0v) is 11.6. The molecule has 0 heterocycles. The van der Waals surface area contributed by atoms with Gasteiger partial charge in [-0.15, -0.1) is 0 Å². The summed E-state index contributed by atoms with van der Waals surface area (Å²) in [7, 11) is 1.66. The van der Waals surface area contributed by atoms with Crippen molar-refractivity contribution >= 4 is 34.5 Å². The van der Waals surface area contributed by atoms with Crippen LogP contribution in [0.2, 0.25) is 0 Å². The molecule has 0 unspecified atom stereocenters. The van der Waals surface area contributed by atoms with Crippen molar-refractivity contribution in [3.05, 3.63) is 57.7 Å². The Bertz CT molecular complexity index is 537. The number of methoxy groups -OCH3 is 1. The summed E-state index contributed by atoms with van der Waals surface area (Å²) in [4.78, 5) is 4.44. The van der Waals surface area contributed by atoms with Crippen molar-refractivity contribution in [3.63, 3.8) is 0 Å². The van der Waals surface area contributed by atoms with E-state index in [0.29, 0.717) is 0 Å². The molecule has 2 aromatic carbocycles. The molecule has 2 rings (SSSR count). The Balaban J connectivity index is 2.23. The fourth-order valence-electron chi connectivity index (χ4n) is 1.41. The summed E-state index contributed by atoms with van der Waals surface area (Å²) < 4.78 is 6.35. The average molecular weight is 337 g/mol. The van der Waals surface area contributed by atoms with Crippen LogP contribution in [0.25, 0.3) is 0 Å². The number of nitrogens with zero attached hydrogens (tertiary/aromatic N) is 1. The van der Waals surface area contributed by atoms with Gasteiger partial charge in [0.25, 0.3) is 0 Å². The van der Waals surface area contributed by atoms with Crippen molar-refractivity contribution in [1.82, 2.24) is 0 Å². The molecule has 0 aliphatic rings.